The highest BCUT2D eigenvalue weighted by atomic mass is 16.3. The summed E-state index contributed by atoms with van der Waals surface area (Å²) in [6.45, 7) is 0.233. The van der Waals surface area contributed by atoms with Crippen molar-refractivity contribution in [2.45, 2.75) is 13.2 Å². The van der Waals surface area contributed by atoms with Crippen molar-refractivity contribution in [3.05, 3.63) is 82.2 Å². The average Bonchev–Trinajstić information content (AvgIpc) is 3.07. The Morgan fingerprint density at radius 3 is 2.25 bits per heavy atom. The van der Waals surface area contributed by atoms with Crippen LogP contribution in [-0.2, 0) is 13.2 Å². The topological polar surface area (TPSA) is 85.1 Å². The molecule has 4 rings (SSSR count). The number of aliphatic hydroxyl groups excluding tert-OH is 1. The molecule has 1 aliphatic carbocycles. The second-order valence-corrected chi connectivity index (χ2v) is 5.65. The van der Waals surface area contributed by atoms with E-state index in [1.54, 1.807) is 53.3 Å². The van der Waals surface area contributed by atoms with Crippen LogP contribution in [0.25, 0.3) is 0 Å². The maximum atomic E-state index is 12.7. The number of rotatable bonds is 3. The lowest BCUT2D eigenvalue weighted by Gasteiger charge is -2.18. The highest BCUT2D eigenvalue weighted by Crippen LogP contribution is 2.28. The lowest BCUT2D eigenvalue weighted by molar-refractivity contribution is 0.0979. The predicted octanol–water partition coefficient (Wildman–Crippen LogP) is 1.59. The minimum absolute atomic E-state index is 0.130. The standard InChI is InChI=1S/C18H13N3O3/c22-10-12-9-21(20-19-12)8-11-5-6-15-16(7-11)18(24)14-4-2-1-3-13(14)17(15)23/h1-7,9,22H,8,10H2. The first-order valence-corrected chi connectivity index (χ1v) is 7.48. The van der Waals surface area contributed by atoms with Crippen molar-refractivity contribution < 1.29 is 14.7 Å². The number of nitrogens with zero attached hydrogens (tertiary/aromatic N) is 3. The molecule has 0 spiro atoms. The van der Waals surface area contributed by atoms with E-state index in [0.29, 0.717) is 34.5 Å². The summed E-state index contributed by atoms with van der Waals surface area (Å²) < 4.78 is 1.58. The van der Waals surface area contributed by atoms with Gasteiger partial charge in [0.2, 0.25) is 0 Å². The van der Waals surface area contributed by atoms with Gasteiger partial charge in [-0.2, -0.15) is 0 Å². The van der Waals surface area contributed by atoms with Gasteiger partial charge in [-0.15, -0.1) is 5.10 Å². The van der Waals surface area contributed by atoms with Crippen molar-refractivity contribution in [1.29, 1.82) is 0 Å². The van der Waals surface area contributed by atoms with E-state index in [1.165, 1.54) is 0 Å². The SMILES string of the molecule is O=C1c2ccccc2C(=O)c2cc(Cn3cc(CO)nn3)ccc21. The van der Waals surface area contributed by atoms with Crippen molar-refractivity contribution in [2.24, 2.45) is 0 Å². The molecule has 1 aliphatic rings. The van der Waals surface area contributed by atoms with Gasteiger partial charge in [-0.05, 0) is 17.7 Å². The quantitative estimate of drug-likeness (QED) is 0.620. The molecule has 3 aromatic rings. The van der Waals surface area contributed by atoms with Gasteiger partial charge in [0.25, 0.3) is 0 Å². The maximum absolute atomic E-state index is 12.7. The Hall–Kier alpha value is -3.12. The number of carbonyl (C=O) groups excluding carboxylic acids is 2. The van der Waals surface area contributed by atoms with Crippen LogP contribution in [0.15, 0.2) is 48.7 Å². The van der Waals surface area contributed by atoms with E-state index in [-0.39, 0.29) is 18.2 Å². The Bertz CT molecular complexity index is 975. The first-order chi connectivity index (χ1) is 11.7. The van der Waals surface area contributed by atoms with Gasteiger partial charge in [0.1, 0.15) is 5.69 Å². The van der Waals surface area contributed by atoms with Gasteiger partial charge in [-0.1, -0.05) is 35.5 Å². The molecule has 1 aromatic heterocycles. The molecule has 0 fully saturated rings. The Morgan fingerprint density at radius 1 is 0.917 bits per heavy atom. The average molecular weight is 319 g/mol. The van der Waals surface area contributed by atoms with Crippen LogP contribution in [0.4, 0.5) is 0 Å². The molecule has 2 aromatic carbocycles. The van der Waals surface area contributed by atoms with E-state index in [4.69, 9.17) is 5.11 Å². The molecular weight excluding hydrogens is 306 g/mol. The van der Waals surface area contributed by atoms with Crippen LogP contribution in [-0.4, -0.2) is 31.7 Å². The van der Waals surface area contributed by atoms with Crippen molar-refractivity contribution in [1.82, 2.24) is 15.0 Å². The normalized spacial score (nSPS) is 12.9. The van der Waals surface area contributed by atoms with Crippen molar-refractivity contribution >= 4 is 11.6 Å². The molecule has 0 aliphatic heterocycles. The van der Waals surface area contributed by atoms with Gasteiger partial charge in [0.05, 0.1) is 19.3 Å². The van der Waals surface area contributed by atoms with E-state index >= 15 is 0 Å². The zero-order valence-electron chi connectivity index (χ0n) is 12.6. The Kier molecular flexibility index (Phi) is 3.32. The molecule has 0 bridgehead atoms. The molecule has 1 N–H and O–H groups in total. The van der Waals surface area contributed by atoms with Gasteiger partial charge in [0, 0.05) is 22.3 Å². The molecule has 0 unspecified atom stereocenters. The fourth-order valence-electron chi connectivity index (χ4n) is 2.92. The van der Waals surface area contributed by atoms with E-state index < -0.39 is 0 Å². The number of aromatic nitrogens is 3. The third kappa shape index (κ3) is 2.24. The summed E-state index contributed by atoms with van der Waals surface area (Å²) >= 11 is 0. The molecule has 0 amide bonds. The summed E-state index contributed by atoms with van der Waals surface area (Å²) in [6.07, 6.45) is 1.64. The minimum Gasteiger partial charge on any atom is -0.390 e. The van der Waals surface area contributed by atoms with Crippen molar-refractivity contribution in [3.63, 3.8) is 0 Å². The lowest BCUT2D eigenvalue weighted by atomic mass is 9.83. The lowest BCUT2D eigenvalue weighted by Crippen LogP contribution is -2.21. The fraction of sp³-hybridized carbons (Fsp3) is 0.111. The van der Waals surface area contributed by atoms with Gasteiger partial charge in [-0.25, -0.2) is 4.68 Å². The first kappa shape index (κ1) is 14.5. The smallest absolute Gasteiger partial charge is 0.194 e. The van der Waals surface area contributed by atoms with Gasteiger partial charge in [-0.3, -0.25) is 9.59 Å². The Balaban J connectivity index is 1.72. The largest absolute Gasteiger partial charge is 0.390 e. The van der Waals surface area contributed by atoms with Gasteiger partial charge < -0.3 is 5.11 Å². The second-order valence-electron chi connectivity index (χ2n) is 5.65. The van der Waals surface area contributed by atoms with Crippen LogP contribution >= 0.6 is 0 Å². The molecule has 6 heteroatoms. The predicted molar refractivity (Wildman–Crippen MR) is 84.8 cm³/mol. The van der Waals surface area contributed by atoms with Crippen LogP contribution in [0, 0.1) is 0 Å². The molecule has 24 heavy (non-hydrogen) atoms. The summed E-state index contributed by atoms with van der Waals surface area (Å²) in [4.78, 5) is 25.2. The second kappa shape index (κ2) is 5.50. The van der Waals surface area contributed by atoms with Crippen LogP contribution in [0.2, 0.25) is 0 Å². The Labute approximate surface area is 137 Å². The van der Waals surface area contributed by atoms with E-state index in [0.717, 1.165) is 5.56 Å². The van der Waals surface area contributed by atoms with Gasteiger partial charge >= 0.3 is 0 Å². The summed E-state index contributed by atoms with van der Waals surface area (Å²) in [5.41, 5.74) is 3.05. The number of carbonyl (C=O) groups is 2. The highest BCUT2D eigenvalue weighted by molar-refractivity contribution is 6.28. The summed E-state index contributed by atoms with van der Waals surface area (Å²) in [6, 6.07) is 12.1. The molecule has 1 heterocycles. The molecular formula is C18H13N3O3. The number of hydrogen-bond donors (Lipinski definition) is 1. The molecule has 0 saturated heterocycles. The zero-order chi connectivity index (χ0) is 16.7. The summed E-state index contributed by atoms with van der Waals surface area (Å²) in [7, 11) is 0. The molecule has 118 valence electrons. The van der Waals surface area contributed by atoms with E-state index in [1.807, 2.05) is 0 Å². The first-order valence-electron chi connectivity index (χ1n) is 7.48. The molecule has 0 saturated carbocycles. The van der Waals surface area contributed by atoms with Crippen LogP contribution in [0.5, 0.6) is 0 Å². The third-order valence-corrected chi connectivity index (χ3v) is 4.08. The number of fused-ring (bicyclic) bond motifs is 2. The number of ketones is 2. The summed E-state index contributed by atoms with van der Waals surface area (Å²) in [5, 5.41) is 16.8. The van der Waals surface area contributed by atoms with Crippen molar-refractivity contribution in [3.8, 4) is 0 Å². The third-order valence-electron chi connectivity index (χ3n) is 4.08. The monoisotopic (exact) mass is 319 g/mol. The van der Waals surface area contributed by atoms with Crippen molar-refractivity contribution in [2.75, 3.05) is 0 Å². The molecule has 0 radical (unpaired) electrons. The fourth-order valence-corrected chi connectivity index (χ4v) is 2.92. The van der Waals surface area contributed by atoms with Crippen LogP contribution in [0.1, 0.15) is 43.1 Å². The van der Waals surface area contributed by atoms with Crippen LogP contribution in [0.3, 0.4) is 0 Å². The summed E-state index contributed by atoms with van der Waals surface area (Å²) in [5.74, 6) is -0.272. The maximum Gasteiger partial charge on any atom is 0.194 e. The highest BCUT2D eigenvalue weighted by Gasteiger charge is 2.29. The van der Waals surface area contributed by atoms with Crippen LogP contribution < -0.4 is 0 Å². The number of aliphatic hydroxyl groups is 1. The minimum atomic E-state index is -0.173. The van der Waals surface area contributed by atoms with E-state index in [2.05, 4.69) is 10.3 Å². The molecule has 0 atom stereocenters. The molecule has 6 nitrogen and oxygen atoms in total. The Morgan fingerprint density at radius 2 is 1.58 bits per heavy atom. The van der Waals surface area contributed by atoms with Gasteiger partial charge in [0.15, 0.2) is 11.6 Å². The number of hydrogen-bond acceptors (Lipinski definition) is 5. The van der Waals surface area contributed by atoms with E-state index in [9.17, 15) is 9.59 Å². The number of benzene rings is 2. The zero-order valence-corrected chi connectivity index (χ0v) is 12.6.